The lowest BCUT2D eigenvalue weighted by Gasteiger charge is -2.03. The SMILES string of the molecule is N#CN1CC/C(=C\C(=O)Nc2ccc3ncsc3c2)C1. The molecule has 0 bridgehead atoms. The highest BCUT2D eigenvalue weighted by Gasteiger charge is 2.15. The van der Waals surface area contributed by atoms with E-state index in [1.165, 1.54) is 0 Å². The van der Waals surface area contributed by atoms with Crippen LogP contribution in [-0.2, 0) is 4.79 Å². The van der Waals surface area contributed by atoms with E-state index < -0.39 is 0 Å². The third-order valence-corrected chi connectivity index (χ3v) is 3.96. The van der Waals surface area contributed by atoms with Crippen molar-refractivity contribution in [3.05, 3.63) is 35.4 Å². The Morgan fingerprint density at radius 3 is 3.25 bits per heavy atom. The van der Waals surface area contributed by atoms with E-state index in [1.54, 1.807) is 27.8 Å². The summed E-state index contributed by atoms with van der Waals surface area (Å²) in [6.07, 6.45) is 4.45. The van der Waals surface area contributed by atoms with Gasteiger partial charge in [-0.05, 0) is 30.2 Å². The molecule has 1 aromatic carbocycles. The molecular weight excluding hydrogens is 272 g/mol. The normalized spacial score (nSPS) is 16.6. The molecule has 5 nitrogen and oxygen atoms in total. The molecule has 0 unspecified atom stereocenters. The van der Waals surface area contributed by atoms with E-state index in [9.17, 15) is 4.79 Å². The van der Waals surface area contributed by atoms with Gasteiger partial charge in [-0.25, -0.2) is 4.98 Å². The van der Waals surface area contributed by atoms with E-state index in [2.05, 4.69) is 16.5 Å². The number of nitriles is 1. The largest absolute Gasteiger partial charge is 0.322 e. The zero-order chi connectivity index (χ0) is 13.9. The van der Waals surface area contributed by atoms with Crippen molar-refractivity contribution in [3.8, 4) is 6.19 Å². The molecule has 3 rings (SSSR count). The average Bonchev–Trinajstić information content (AvgIpc) is 3.06. The van der Waals surface area contributed by atoms with Gasteiger partial charge in [0.2, 0.25) is 5.91 Å². The number of thiazole rings is 1. The van der Waals surface area contributed by atoms with Crippen LogP contribution in [0.3, 0.4) is 0 Å². The summed E-state index contributed by atoms with van der Waals surface area (Å²) < 4.78 is 1.05. The summed E-state index contributed by atoms with van der Waals surface area (Å²) in [6.45, 7) is 1.25. The summed E-state index contributed by atoms with van der Waals surface area (Å²) in [4.78, 5) is 17.8. The second-order valence-electron chi connectivity index (χ2n) is 4.60. The van der Waals surface area contributed by atoms with Crippen LogP contribution in [0.4, 0.5) is 5.69 Å². The van der Waals surface area contributed by atoms with Gasteiger partial charge in [0.25, 0.3) is 0 Å². The molecule has 20 heavy (non-hydrogen) atoms. The molecule has 2 heterocycles. The Bertz CT molecular complexity index is 728. The van der Waals surface area contributed by atoms with Gasteiger partial charge < -0.3 is 10.2 Å². The number of carbonyl (C=O) groups is 1. The summed E-state index contributed by atoms with van der Waals surface area (Å²) in [5.74, 6) is -0.149. The fourth-order valence-electron chi connectivity index (χ4n) is 2.18. The standard InChI is InChI=1S/C14H12N4OS/c15-8-18-4-3-10(7-18)5-14(19)17-11-1-2-12-13(6-11)20-9-16-12/h1-2,5-6,9H,3-4,7H2,(H,17,19)/b10-5+. The van der Waals surface area contributed by atoms with Gasteiger partial charge in [0.15, 0.2) is 6.19 Å². The highest BCUT2D eigenvalue weighted by Crippen LogP contribution is 2.22. The van der Waals surface area contributed by atoms with E-state index >= 15 is 0 Å². The van der Waals surface area contributed by atoms with Crippen LogP contribution in [0.25, 0.3) is 10.2 Å². The van der Waals surface area contributed by atoms with Crippen molar-refractivity contribution in [2.24, 2.45) is 0 Å². The molecule has 0 aliphatic carbocycles. The number of fused-ring (bicyclic) bond motifs is 1. The Morgan fingerprint density at radius 2 is 2.45 bits per heavy atom. The molecule has 6 heteroatoms. The van der Waals surface area contributed by atoms with E-state index in [4.69, 9.17) is 5.26 Å². The monoisotopic (exact) mass is 284 g/mol. The summed E-state index contributed by atoms with van der Waals surface area (Å²) >= 11 is 1.54. The maximum Gasteiger partial charge on any atom is 0.248 e. The fourth-order valence-corrected chi connectivity index (χ4v) is 2.90. The lowest BCUT2D eigenvalue weighted by molar-refractivity contribution is -0.112. The van der Waals surface area contributed by atoms with E-state index in [-0.39, 0.29) is 5.91 Å². The Balaban J connectivity index is 1.70. The van der Waals surface area contributed by atoms with Crippen LogP contribution in [0.2, 0.25) is 0 Å². The van der Waals surface area contributed by atoms with Crippen molar-refractivity contribution >= 4 is 33.1 Å². The lowest BCUT2D eigenvalue weighted by Crippen LogP contribution is -2.12. The Hall–Kier alpha value is -2.39. The van der Waals surface area contributed by atoms with Crippen LogP contribution in [0, 0.1) is 11.5 Å². The van der Waals surface area contributed by atoms with Gasteiger partial charge in [-0.3, -0.25) is 4.79 Å². The van der Waals surface area contributed by atoms with Crippen LogP contribution in [0.15, 0.2) is 35.4 Å². The number of nitrogens with zero attached hydrogens (tertiary/aromatic N) is 3. The van der Waals surface area contributed by atoms with Gasteiger partial charge >= 0.3 is 0 Å². The van der Waals surface area contributed by atoms with Crippen molar-refractivity contribution in [1.29, 1.82) is 5.26 Å². The second-order valence-corrected chi connectivity index (χ2v) is 5.48. The number of anilines is 1. The Kier molecular flexibility index (Phi) is 3.35. The van der Waals surface area contributed by atoms with E-state index in [0.717, 1.165) is 27.9 Å². The smallest absolute Gasteiger partial charge is 0.248 e. The highest BCUT2D eigenvalue weighted by molar-refractivity contribution is 7.16. The summed E-state index contributed by atoms with van der Waals surface area (Å²) in [7, 11) is 0. The van der Waals surface area contributed by atoms with Gasteiger partial charge in [-0.15, -0.1) is 11.3 Å². The number of benzene rings is 1. The third-order valence-electron chi connectivity index (χ3n) is 3.17. The minimum absolute atomic E-state index is 0.149. The molecule has 0 radical (unpaired) electrons. The number of hydrogen-bond donors (Lipinski definition) is 1. The van der Waals surface area contributed by atoms with Crippen molar-refractivity contribution < 1.29 is 4.79 Å². The molecule has 1 aliphatic heterocycles. The molecule has 1 aliphatic rings. The molecule has 0 spiro atoms. The van der Waals surface area contributed by atoms with Gasteiger partial charge in [0.05, 0.1) is 15.7 Å². The molecule has 0 saturated carbocycles. The first-order chi connectivity index (χ1) is 9.74. The molecule has 100 valence electrons. The quantitative estimate of drug-likeness (QED) is 0.679. The van der Waals surface area contributed by atoms with Crippen LogP contribution in [-0.4, -0.2) is 28.9 Å². The van der Waals surface area contributed by atoms with E-state index in [0.29, 0.717) is 13.1 Å². The molecule has 1 aromatic heterocycles. The first-order valence-corrected chi connectivity index (χ1v) is 7.11. The molecule has 1 saturated heterocycles. The number of hydrogen-bond acceptors (Lipinski definition) is 5. The second kappa shape index (κ2) is 5.31. The number of rotatable bonds is 2. The lowest BCUT2D eigenvalue weighted by atomic mass is 10.2. The fraction of sp³-hybridized carbons (Fsp3) is 0.214. The van der Waals surface area contributed by atoms with Gasteiger partial charge in [-0.2, -0.15) is 5.26 Å². The number of nitrogens with one attached hydrogen (secondary N) is 1. The zero-order valence-corrected chi connectivity index (χ0v) is 11.5. The number of aromatic nitrogens is 1. The minimum Gasteiger partial charge on any atom is -0.322 e. The van der Waals surface area contributed by atoms with Gasteiger partial charge in [0.1, 0.15) is 0 Å². The van der Waals surface area contributed by atoms with Crippen LogP contribution >= 0.6 is 11.3 Å². The zero-order valence-electron chi connectivity index (χ0n) is 10.7. The van der Waals surface area contributed by atoms with Crippen molar-refractivity contribution in [1.82, 2.24) is 9.88 Å². The highest BCUT2D eigenvalue weighted by atomic mass is 32.1. The molecule has 0 atom stereocenters. The summed E-state index contributed by atoms with van der Waals surface area (Å²) in [5.41, 5.74) is 4.47. The predicted octanol–water partition coefficient (Wildman–Crippen LogP) is 2.35. The van der Waals surface area contributed by atoms with Crippen LogP contribution in [0.5, 0.6) is 0 Å². The molecule has 1 fully saturated rings. The number of carbonyl (C=O) groups excluding carboxylic acids is 1. The van der Waals surface area contributed by atoms with Crippen molar-refractivity contribution in [2.75, 3.05) is 18.4 Å². The Morgan fingerprint density at radius 1 is 1.55 bits per heavy atom. The average molecular weight is 284 g/mol. The van der Waals surface area contributed by atoms with Crippen LogP contribution < -0.4 is 5.32 Å². The molecule has 1 amide bonds. The minimum atomic E-state index is -0.149. The predicted molar refractivity (Wildman–Crippen MR) is 78.1 cm³/mol. The molecule has 1 N–H and O–H groups in total. The van der Waals surface area contributed by atoms with Gasteiger partial charge in [0, 0.05) is 24.9 Å². The number of amides is 1. The maximum atomic E-state index is 11.9. The third kappa shape index (κ3) is 2.63. The summed E-state index contributed by atoms with van der Waals surface area (Å²) in [5, 5.41) is 11.6. The van der Waals surface area contributed by atoms with E-state index in [1.807, 2.05) is 18.2 Å². The first kappa shape index (κ1) is 12.6. The van der Waals surface area contributed by atoms with Crippen molar-refractivity contribution in [3.63, 3.8) is 0 Å². The summed E-state index contributed by atoms with van der Waals surface area (Å²) in [6, 6.07) is 5.65. The first-order valence-electron chi connectivity index (χ1n) is 6.23. The Labute approximate surface area is 120 Å². The topological polar surface area (TPSA) is 69.0 Å². The van der Waals surface area contributed by atoms with Crippen LogP contribution in [0.1, 0.15) is 6.42 Å². The number of likely N-dealkylation sites (tertiary alicyclic amines) is 1. The van der Waals surface area contributed by atoms with Gasteiger partial charge in [-0.1, -0.05) is 0 Å². The molecule has 2 aromatic rings. The molecular formula is C14H12N4OS. The maximum absolute atomic E-state index is 11.9. The van der Waals surface area contributed by atoms with Crippen molar-refractivity contribution in [2.45, 2.75) is 6.42 Å².